The number of hydrogen-bond donors (Lipinski definition) is 1. The van der Waals surface area contributed by atoms with Crippen molar-refractivity contribution in [3.63, 3.8) is 0 Å². The number of hydrogen-bond acceptors (Lipinski definition) is 6. The van der Waals surface area contributed by atoms with Gasteiger partial charge >= 0.3 is 15.5 Å². The van der Waals surface area contributed by atoms with Crippen molar-refractivity contribution in [3.05, 3.63) is 40.7 Å². The molecule has 3 rings (SSSR count). The number of rotatable bonds is 6. The molecule has 0 aliphatic carbocycles. The Bertz CT molecular complexity index is 892. The molecule has 6 nitrogen and oxygen atoms in total. The number of piperidine rings is 1. The maximum absolute atomic E-state index is 12.9. The lowest BCUT2D eigenvalue weighted by Crippen LogP contribution is -2.45. The van der Waals surface area contributed by atoms with E-state index < -0.39 is 15.5 Å². The molecule has 0 radical (unpaired) electrons. The Balaban J connectivity index is 1.47. The standard InChI is InChI=1S/C16H18F4N4O2S2/c17-13-3-1-11(2-4-13)9-14-22-23-15(27-14)21-10-12-5-7-24(8-6-12)28(25,26)16(18,19)20/h1-4,12H,5-10H2,(H,21,23). The van der Waals surface area contributed by atoms with Gasteiger partial charge in [0.25, 0.3) is 0 Å². The van der Waals surface area contributed by atoms with Gasteiger partial charge < -0.3 is 5.32 Å². The van der Waals surface area contributed by atoms with E-state index in [1.807, 2.05) is 0 Å². The predicted octanol–water partition coefficient (Wildman–Crippen LogP) is 3.24. The SMILES string of the molecule is O=S(=O)(N1CCC(CNc2nnc(Cc3ccc(F)cc3)s2)CC1)C(F)(F)F. The fourth-order valence-corrected chi connectivity index (χ4v) is 4.67. The number of nitrogens with one attached hydrogen (secondary N) is 1. The lowest BCUT2D eigenvalue weighted by molar-refractivity contribution is -0.0496. The molecule has 154 valence electrons. The number of alkyl halides is 3. The Morgan fingerprint density at radius 2 is 1.79 bits per heavy atom. The van der Waals surface area contributed by atoms with E-state index in [2.05, 4.69) is 15.5 Å². The fourth-order valence-electron chi connectivity index (χ4n) is 2.91. The second-order valence-electron chi connectivity index (χ2n) is 6.48. The van der Waals surface area contributed by atoms with Gasteiger partial charge in [0.05, 0.1) is 0 Å². The summed E-state index contributed by atoms with van der Waals surface area (Å²) < 4.78 is 74.0. The molecule has 0 amide bonds. The van der Waals surface area contributed by atoms with Crippen molar-refractivity contribution in [2.75, 3.05) is 25.0 Å². The summed E-state index contributed by atoms with van der Waals surface area (Å²) in [6.45, 7) is 0.172. The molecule has 0 saturated carbocycles. The minimum Gasteiger partial charge on any atom is -0.360 e. The van der Waals surface area contributed by atoms with Gasteiger partial charge in [0, 0.05) is 26.1 Å². The first-order valence-corrected chi connectivity index (χ1v) is 10.8. The van der Waals surface area contributed by atoms with E-state index in [4.69, 9.17) is 0 Å². The Kier molecular flexibility index (Phi) is 6.20. The summed E-state index contributed by atoms with van der Waals surface area (Å²) in [5, 5.41) is 12.5. The van der Waals surface area contributed by atoms with Crippen molar-refractivity contribution >= 4 is 26.5 Å². The topological polar surface area (TPSA) is 75.2 Å². The number of benzene rings is 1. The van der Waals surface area contributed by atoms with Crippen LogP contribution in [0.4, 0.5) is 22.7 Å². The molecule has 1 N–H and O–H groups in total. The highest BCUT2D eigenvalue weighted by molar-refractivity contribution is 7.90. The molecular formula is C16H18F4N4O2S2. The van der Waals surface area contributed by atoms with Gasteiger partial charge in [-0.05, 0) is 36.5 Å². The molecule has 1 fully saturated rings. The van der Waals surface area contributed by atoms with Gasteiger partial charge in [0.15, 0.2) is 0 Å². The molecule has 1 saturated heterocycles. The lowest BCUT2D eigenvalue weighted by atomic mass is 9.98. The van der Waals surface area contributed by atoms with Crippen LogP contribution in [0.2, 0.25) is 0 Å². The van der Waals surface area contributed by atoms with E-state index in [9.17, 15) is 26.0 Å². The first-order chi connectivity index (χ1) is 13.1. The summed E-state index contributed by atoms with van der Waals surface area (Å²) >= 11 is 1.35. The summed E-state index contributed by atoms with van der Waals surface area (Å²) in [5.41, 5.74) is -4.35. The second kappa shape index (κ2) is 8.29. The summed E-state index contributed by atoms with van der Waals surface area (Å²) in [7, 11) is -5.25. The van der Waals surface area contributed by atoms with Crippen LogP contribution in [0.25, 0.3) is 0 Å². The van der Waals surface area contributed by atoms with Crippen LogP contribution in [0.3, 0.4) is 0 Å². The number of aromatic nitrogens is 2. The number of anilines is 1. The average Bonchev–Trinajstić information content (AvgIpc) is 3.09. The molecule has 1 aliphatic rings. The molecule has 1 aromatic heterocycles. The van der Waals surface area contributed by atoms with Crippen LogP contribution >= 0.6 is 11.3 Å². The third kappa shape index (κ3) is 4.97. The number of nitrogens with zero attached hydrogens (tertiary/aromatic N) is 3. The number of halogens is 4. The van der Waals surface area contributed by atoms with E-state index in [1.54, 1.807) is 12.1 Å². The molecule has 2 heterocycles. The Morgan fingerprint density at radius 1 is 1.14 bits per heavy atom. The number of sulfonamides is 1. The first-order valence-electron chi connectivity index (χ1n) is 8.52. The zero-order chi connectivity index (χ0) is 20.4. The molecule has 0 spiro atoms. The van der Waals surface area contributed by atoms with Crippen LogP contribution in [-0.4, -0.2) is 48.1 Å². The van der Waals surface area contributed by atoms with Crippen LogP contribution < -0.4 is 5.32 Å². The summed E-state index contributed by atoms with van der Waals surface area (Å²) in [6.07, 6.45) is 1.19. The van der Waals surface area contributed by atoms with Crippen molar-refractivity contribution in [1.29, 1.82) is 0 Å². The third-order valence-corrected chi connectivity index (χ3v) is 6.99. The maximum Gasteiger partial charge on any atom is 0.511 e. The predicted molar refractivity (Wildman–Crippen MR) is 96.9 cm³/mol. The van der Waals surface area contributed by atoms with Crippen molar-refractivity contribution in [1.82, 2.24) is 14.5 Å². The van der Waals surface area contributed by atoms with E-state index in [1.165, 1.54) is 23.5 Å². The van der Waals surface area contributed by atoms with Crippen LogP contribution in [0.15, 0.2) is 24.3 Å². The smallest absolute Gasteiger partial charge is 0.360 e. The minimum absolute atomic E-state index is 0.0455. The first kappa shape index (κ1) is 20.9. The summed E-state index contributed by atoms with van der Waals surface area (Å²) in [4.78, 5) is 0. The minimum atomic E-state index is -5.26. The fraction of sp³-hybridized carbons (Fsp3) is 0.500. The maximum atomic E-state index is 12.9. The molecule has 1 aromatic carbocycles. The third-order valence-electron chi connectivity index (χ3n) is 4.48. The van der Waals surface area contributed by atoms with Gasteiger partial charge in [0.2, 0.25) is 5.13 Å². The molecule has 1 aliphatic heterocycles. The van der Waals surface area contributed by atoms with E-state index >= 15 is 0 Å². The van der Waals surface area contributed by atoms with Gasteiger partial charge in [0.1, 0.15) is 10.8 Å². The molecule has 0 atom stereocenters. The van der Waals surface area contributed by atoms with Crippen LogP contribution in [0, 0.1) is 11.7 Å². The highest BCUT2D eigenvalue weighted by Crippen LogP contribution is 2.30. The van der Waals surface area contributed by atoms with Crippen LogP contribution in [-0.2, 0) is 16.4 Å². The van der Waals surface area contributed by atoms with Gasteiger partial charge in [-0.3, -0.25) is 0 Å². The van der Waals surface area contributed by atoms with Crippen molar-refractivity contribution in [2.24, 2.45) is 5.92 Å². The molecule has 28 heavy (non-hydrogen) atoms. The highest BCUT2D eigenvalue weighted by atomic mass is 32.2. The Labute approximate surface area is 163 Å². The van der Waals surface area contributed by atoms with Crippen LogP contribution in [0.1, 0.15) is 23.4 Å². The molecule has 0 bridgehead atoms. The van der Waals surface area contributed by atoms with Crippen LogP contribution in [0.5, 0.6) is 0 Å². The zero-order valence-corrected chi connectivity index (χ0v) is 16.2. The lowest BCUT2D eigenvalue weighted by Gasteiger charge is -2.31. The van der Waals surface area contributed by atoms with Gasteiger partial charge in [-0.2, -0.15) is 17.5 Å². The zero-order valence-electron chi connectivity index (χ0n) is 14.6. The average molecular weight is 438 g/mol. The van der Waals surface area contributed by atoms with Gasteiger partial charge in [-0.25, -0.2) is 12.8 Å². The van der Waals surface area contributed by atoms with Gasteiger partial charge in [-0.1, -0.05) is 23.5 Å². The monoisotopic (exact) mass is 438 g/mol. The quantitative estimate of drug-likeness (QED) is 0.701. The molecular weight excluding hydrogens is 420 g/mol. The second-order valence-corrected chi connectivity index (χ2v) is 9.47. The summed E-state index contributed by atoms with van der Waals surface area (Å²) in [5.74, 6) is -0.262. The van der Waals surface area contributed by atoms with E-state index in [0.717, 1.165) is 10.6 Å². The normalized spacial score (nSPS) is 17.0. The molecule has 0 unspecified atom stereocenters. The van der Waals surface area contributed by atoms with Crippen molar-refractivity contribution < 1.29 is 26.0 Å². The van der Waals surface area contributed by atoms with Crippen molar-refractivity contribution in [3.8, 4) is 0 Å². The Morgan fingerprint density at radius 3 is 2.39 bits per heavy atom. The highest BCUT2D eigenvalue weighted by Gasteiger charge is 2.50. The Hall–Kier alpha value is -1.79. The molecule has 2 aromatic rings. The largest absolute Gasteiger partial charge is 0.511 e. The summed E-state index contributed by atoms with van der Waals surface area (Å²) in [6, 6.07) is 6.10. The molecule has 12 heteroatoms. The van der Waals surface area contributed by atoms with E-state index in [0.29, 0.717) is 35.2 Å². The van der Waals surface area contributed by atoms with Gasteiger partial charge in [-0.15, -0.1) is 10.2 Å². The van der Waals surface area contributed by atoms with Crippen molar-refractivity contribution in [2.45, 2.75) is 24.8 Å². The van der Waals surface area contributed by atoms with E-state index in [-0.39, 0.29) is 24.8 Å².